The molecule has 0 saturated carbocycles. The van der Waals surface area contributed by atoms with Crippen LogP contribution in [0, 0.1) is 11.7 Å². The number of nitrogens with one attached hydrogen (secondary N) is 1. The summed E-state index contributed by atoms with van der Waals surface area (Å²) in [5, 5.41) is 3.29. The first-order chi connectivity index (χ1) is 9.00. The monoisotopic (exact) mass is 267 g/mol. The van der Waals surface area contributed by atoms with Crippen molar-refractivity contribution in [3.63, 3.8) is 0 Å². The van der Waals surface area contributed by atoms with Crippen LogP contribution in [0.2, 0.25) is 0 Å². The highest BCUT2D eigenvalue weighted by Gasteiger charge is 2.10. The fourth-order valence-electron chi connectivity index (χ4n) is 1.83. The molecule has 2 nitrogen and oxygen atoms in total. The first kappa shape index (κ1) is 16.0. The zero-order chi connectivity index (χ0) is 14.3. The van der Waals surface area contributed by atoms with Crippen molar-refractivity contribution in [3.8, 4) is 5.75 Å². The fraction of sp³-hybridized carbons (Fsp3) is 0.625. The number of ether oxygens (including phenoxy) is 1. The minimum absolute atomic E-state index is 0.271. The molecule has 0 bridgehead atoms. The van der Waals surface area contributed by atoms with Crippen molar-refractivity contribution in [1.82, 2.24) is 5.32 Å². The molecule has 0 spiro atoms. The molecule has 19 heavy (non-hydrogen) atoms. The normalized spacial score (nSPS) is 11.3. The third kappa shape index (κ3) is 6.06. The molecular formula is C16H26FNO. The zero-order valence-electron chi connectivity index (χ0n) is 12.5. The van der Waals surface area contributed by atoms with Crippen LogP contribution in [-0.2, 0) is 6.54 Å². The van der Waals surface area contributed by atoms with Crippen LogP contribution < -0.4 is 10.1 Å². The number of para-hydroxylation sites is 1. The van der Waals surface area contributed by atoms with Gasteiger partial charge in [-0.3, -0.25) is 0 Å². The topological polar surface area (TPSA) is 21.3 Å². The number of rotatable bonds is 8. The predicted octanol–water partition coefficient (Wildman–Crippen LogP) is 4.14. The van der Waals surface area contributed by atoms with E-state index in [4.69, 9.17) is 4.74 Å². The molecule has 1 aromatic carbocycles. The molecule has 0 aliphatic heterocycles. The predicted molar refractivity (Wildman–Crippen MR) is 77.9 cm³/mol. The minimum atomic E-state index is -0.271. The molecule has 0 saturated heterocycles. The smallest absolute Gasteiger partial charge is 0.165 e. The molecule has 1 N–H and O–H groups in total. The summed E-state index contributed by atoms with van der Waals surface area (Å²) in [6.07, 6.45) is 2.07. The Morgan fingerprint density at radius 3 is 2.58 bits per heavy atom. The summed E-state index contributed by atoms with van der Waals surface area (Å²) in [4.78, 5) is 0. The molecule has 0 fully saturated rings. The summed E-state index contributed by atoms with van der Waals surface area (Å²) >= 11 is 0. The van der Waals surface area contributed by atoms with Crippen LogP contribution in [0.5, 0.6) is 5.75 Å². The number of benzene rings is 1. The highest BCUT2D eigenvalue weighted by atomic mass is 19.1. The summed E-state index contributed by atoms with van der Waals surface area (Å²) in [7, 11) is 0. The van der Waals surface area contributed by atoms with Crippen LogP contribution in [-0.4, -0.2) is 12.6 Å². The SMILES string of the molecule is CC(C)CCCOc1c(F)cccc1CNC(C)C. The lowest BCUT2D eigenvalue weighted by molar-refractivity contribution is 0.280. The summed E-state index contributed by atoms with van der Waals surface area (Å²) in [6.45, 7) is 9.72. The van der Waals surface area contributed by atoms with Gasteiger partial charge in [0.15, 0.2) is 11.6 Å². The van der Waals surface area contributed by atoms with Crippen molar-refractivity contribution in [3.05, 3.63) is 29.6 Å². The van der Waals surface area contributed by atoms with Gasteiger partial charge in [0, 0.05) is 18.2 Å². The zero-order valence-corrected chi connectivity index (χ0v) is 12.5. The Kier molecular flexibility index (Phi) is 6.85. The molecule has 0 atom stereocenters. The molecule has 0 aliphatic carbocycles. The van der Waals surface area contributed by atoms with E-state index in [-0.39, 0.29) is 5.82 Å². The Hall–Kier alpha value is -1.09. The third-order valence-corrected chi connectivity index (χ3v) is 2.92. The largest absolute Gasteiger partial charge is 0.490 e. The second-order valence-corrected chi connectivity index (χ2v) is 5.65. The maximum atomic E-state index is 13.8. The van der Waals surface area contributed by atoms with Crippen LogP contribution in [0.25, 0.3) is 0 Å². The van der Waals surface area contributed by atoms with Gasteiger partial charge in [-0.2, -0.15) is 0 Å². The van der Waals surface area contributed by atoms with Crippen LogP contribution >= 0.6 is 0 Å². The van der Waals surface area contributed by atoms with Crippen LogP contribution in [0.1, 0.15) is 46.1 Å². The van der Waals surface area contributed by atoms with Gasteiger partial charge in [0.1, 0.15) is 0 Å². The van der Waals surface area contributed by atoms with Crippen molar-refractivity contribution in [1.29, 1.82) is 0 Å². The quantitative estimate of drug-likeness (QED) is 0.715. The lowest BCUT2D eigenvalue weighted by Crippen LogP contribution is -2.22. The van der Waals surface area contributed by atoms with E-state index in [1.54, 1.807) is 6.07 Å². The van der Waals surface area contributed by atoms with Crippen LogP contribution in [0.3, 0.4) is 0 Å². The highest BCUT2D eigenvalue weighted by Crippen LogP contribution is 2.23. The van der Waals surface area contributed by atoms with E-state index in [2.05, 4.69) is 33.0 Å². The van der Waals surface area contributed by atoms with E-state index in [1.807, 2.05) is 6.07 Å². The Morgan fingerprint density at radius 2 is 1.95 bits per heavy atom. The molecule has 0 radical (unpaired) electrons. The lowest BCUT2D eigenvalue weighted by atomic mass is 10.1. The van der Waals surface area contributed by atoms with E-state index in [1.165, 1.54) is 6.07 Å². The molecule has 0 aliphatic rings. The molecule has 0 amide bonds. The molecule has 3 heteroatoms. The highest BCUT2D eigenvalue weighted by molar-refractivity contribution is 5.34. The van der Waals surface area contributed by atoms with Crippen molar-refractivity contribution in [2.75, 3.05) is 6.61 Å². The first-order valence-electron chi connectivity index (χ1n) is 7.14. The number of hydrogen-bond donors (Lipinski definition) is 1. The molecule has 108 valence electrons. The molecule has 0 heterocycles. The van der Waals surface area contributed by atoms with Crippen molar-refractivity contribution < 1.29 is 9.13 Å². The van der Waals surface area contributed by atoms with Crippen LogP contribution in [0.15, 0.2) is 18.2 Å². The summed E-state index contributed by atoms with van der Waals surface area (Å²) in [5.41, 5.74) is 0.887. The van der Waals surface area contributed by atoms with E-state index in [9.17, 15) is 4.39 Å². The lowest BCUT2D eigenvalue weighted by Gasteiger charge is -2.14. The molecule has 0 aromatic heterocycles. The molecule has 0 unspecified atom stereocenters. The number of hydrogen-bond acceptors (Lipinski definition) is 2. The minimum Gasteiger partial charge on any atom is -0.490 e. The van der Waals surface area contributed by atoms with Gasteiger partial charge in [0.05, 0.1) is 6.61 Å². The Morgan fingerprint density at radius 1 is 1.21 bits per heavy atom. The standard InChI is InChI=1S/C16H26FNO/c1-12(2)7-6-10-19-16-14(11-18-13(3)4)8-5-9-15(16)17/h5,8-9,12-13,18H,6-7,10-11H2,1-4H3. The average Bonchev–Trinajstić information content (AvgIpc) is 2.33. The van der Waals surface area contributed by atoms with Gasteiger partial charge in [-0.15, -0.1) is 0 Å². The van der Waals surface area contributed by atoms with E-state index in [0.29, 0.717) is 30.9 Å². The van der Waals surface area contributed by atoms with Crippen LogP contribution in [0.4, 0.5) is 4.39 Å². The average molecular weight is 267 g/mol. The van der Waals surface area contributed by atoms with Crippen molar-refractivity contribution >= 4 is 0 Å². The molecular weight excluding hydrogens is 241 g/mol. The molecule has 1 aromatic rings. The van der Waals surface area contributed by atoms with E-state index in [0.717, 1.165) is 18.4 Å². The van der Waals surface area contributed by atoms with Crippen molar-refractivity contribution in [2.45, 2.75) is 53.1 Å². The Labute approximate surface area is 116 Å². The maximum absolute atomic E-state index is 13.8. The van der Waals surface area contributed by atoms with Gasteiger partial charge in [-0.1, -0.05) is 39.8 Å². The third-order valence-electron chi connectivity index (χ3n) is 2.92. The van der Waals surface area contributed by atoms with Gasteiger partial charge < -0.3 is 10.1 Å². The second kappa shape index (κ2) is 8.16. The number of halogens is 1. The van der Waals surface area contributed by atoms with Gasteiger partial charge in [-0.25, -0.2) is 4.39 Å². The maximum Gasteiger partial charge on any atom is 0.165 e. The van der Waals surface area contributed by atoms with Gasteiger partial charge >= 0.3 is 0 Å². The van der Waals surface area contributed by atoms with Gasteiger partial charge in [0.2, 0.25) is 0 Å². The Balaban J connectivity index is 2.58. The van der Waals surface area contributed by atoms with Gasteiger partial charge in [-0.05, 0) is 24.8 Å². The summed E-state index contributed by atoms with van der Waals surface area (Å²) < 4.78 is 19.4. The van der Waals surface area contributed by atoms with Gasteiger partial charge in [0.25, 0.3) is 0 Å². The Bertz CT molecular complexity index is 377. The summed E-state index contributed by atoms with van der Waals surface area (Å²) in [6, 6.07) is 5.47. The molecule has 1 rings (SSSR count). The fourth-order valence-corrected chi connectivity index (χ4v) is 1.83. The second-order valence-electron chi connectivity index (χ2n) is 5.65. The van der Waals surface area contributed by atoms with E-state index < -0.39 is 0 Å². The van der Waals surface area contributed by atoms with E-state index >= 15 is 0 Å². The van der Waals surface area contributed by atoms with Crippen molar-refractivity contribution in [2.24, 2.45) is 5.92 Å². The summed E-state index contributed by atoms with van der Waals surface area (Å²) in [5.74, 6) is 0.790. The first-order valence-corrected chi connectivity index (χ1v) is 7.14.